The van der Waals surface area contributed by atoms with Gasteiger partial charge in [0.15, 0.2) is 23.3 Å². The van der Waals surface area contributed by atoms with Gasteiger partial charge >= 0.3 is 6.18 Å². The first-order valence-electron chi connectivity index (χ1n) is 14.0. The Hall–Kier alpha value is -4.93. The van der Waals surface area contributed by atoms with Crippen molar-refractivity contribution in [3.05, 3.63) is 70.6 Å². The lowest BCUT2D eigenvalue weighted by atomic mass is 9.81. The van der Waals surface area contributed by atoms with Crippen LogP contribution in [-0.2, 0) is 15.8 Å². The SMILES string of the molecule is COc1cc(C(=O)NC[C@](O)(c2cc3c(c(-c4cc(F)c(F)c(F)c4F)n2)OC[C@]3(C)C(N)=O)C(F)(F)F)cc2cn(C3CC3)nc12. The number of carbonyl (C=O) groups excluding carboxylic acids is 2. The average Bonchev–Trinajstić information content (AvgIpc) is 3.70. The van der Waals surface area contributed by atoms with Crippen molar-refractivity contribution in [2.24, 2.45) is 5.73 Å². The number of nitrogens with one attached hydrogen (secondary N) is 1. The zero-order valence-corrected chi connectivity index (χ0v) is 24.4. The first-order chi connectivity index (χ1) is 22.0. The Bertz CT molecular complexity index is 1980. The van der Waals surface area contributed by atoms with E-state index in [4.69, 9.17) is 15.2 Å². The number of carbonyl (C=O) groups is 2. The minimum absolute atomic E-state index is 0.132. The number of fused-ring (bicyclic) bond motifs is 2. The largest absolute Gasteiger partial charge is 0.494 e. The zero-order chi connectivity index (χ0) is 34.2. The molecule has 0 radical (unpaired) electrons. The molecule has 0 spiro atoms. The number of primary amides is 1. The van der Waals surface area contributed by atoms with E-state index in [1.807, 2.05) is 5.32 Å². The number of rotatable bonds is 8. The Kier molecular flexibility index (Phi) is 7.37. The van der Waals surface area contributed by atoms with Crippen molar-refractivity contribution in [3.8, 4) is 22.8 Å². The standard InChI is InChI=1S/C30H24F7N5O5/c1-28(27(38)44)11-47-25-16(28)8-19(40-24(25)15-7-17(31)21(33)22(34)20(15)32)29(45,30(35,36)37)10-39-26(43)12-5-13-9-42(14-3-4-14)41-23(13)18(6-12)46-2/h5-9,14,45H,3-4,10-11H2,1-2H3,(H2,38,44)(H,39,43)/t28-,29-/m0/s1. The van der Waals surface area contributed by atoms with Crippen molar-refractivity contribution < 1.29 is 54.9 Å². The van der Waals surface area contributed by atoms with Gasteiger partial charge < -0.3 is 25.6 Å². The van der Waals surface area contributed by atoms with Crippen LogP contribution in [0.2, 0.25) is 0 Å². The summed E-state index contributed by atoms with van der Waals surface area (Å²) in [5.41, 5.74) is -4.10. The minimum atomic E-state index is -5.60. The molecule has 3 heterocycles. The van der Waals surface area contributed by atoms with Crippen molar-refractivity contribution in [2.75, 3.05) is 20.3 Å². The molecular formula is C30H24F7N5O5. The number of amides is 2. The van der Waals surface area contributed by atoms with Gasteiger partial charge in [-0.2, -0.15) is 18.3 Å². The first kappa shape index (κ1) is 32.0. The number of methoxy groups -OCH3 is 1. The molecule has 0 saturated heterocycles. The Morgan fingerprint density at radius 3 is 2.45 bits per heavy atom. The molecule has 1 aliphatic heterocycles. The van der Waals surface area contributed by atoms with Crippen molar-refractivity contribution in [2.45, 2.75) is 43.0 Å². The third-order valence-corrected chi connectivity index (χ3v) is 8.37. The molecule has 2 aromatic carbocycles. The van der Waals surface area contributed by atoms with E-state index in [0.29, 0.717) is 17.0 Å². The molecule has 1 saturated carbocycles. The minimum Gasteiger partial charge on any atom is -0.494 e. The molecule has 1 fully saturated rings. The highest BCUT2D eigenvalue weighted by Gasteiger charge is 2.58. The van der Waals surface area contributed by atoms with Gasteiger partial charge in [0.25, 0.3) is 5.91 Å². The second-order valence-corrected chi connectivity index (χ2v) is 11.6. The number of pyridine rings is 1. The van der Waals surface area contributed by atoms with Gasteiger partial charge in [-0.1, -0.05) is 0 Å². The zero-order valence-electron chi connectivity index (χ0n) is 24.4. The molecular weight excluding hydrogens is 643 g/mol. The maximum atomic E-state index is 14.9. The summed E-state index contributed by atoms with van der Waals surface area (Å²) in [5.74, 6) is -11.1. The molecule has 4 N–H and O–H groups in total. The lowest BCUT2D eigenvalue weighted by molar-refractivity contribution is -0.265. The fourth-order valence-electron chi connectivity index (χ4n) is 5.31. The molecule has 2 amide bonds. The number of halogens is 7. The van der Waals surface area contributed by atoms with E-state index in [9.17, 15) is 45.4 Å². The summed E-state index contributed by atoms with van der Waals surface area (Å²) in [6.45, 7) is -1.02. The van der Waals surface area contributed by atoms with E-state index in [0.717, 1.165) is 12.8 Å². The molecule has 6 rings (SSSR count). The molecule has 0 bridgehead atoms. The number of hydrogen-bond acceptors (Lipinski definition) is 7. The van der Waals surface area contributed by atoms with Crippen LogP contribution in [-0.4, -0.2) is 58.1 Å². The van der Waals surface area contributed by atoms with Crippen LogP contribution in [0.4, 0.5) is 30.7 Å². The van der Waals surface area contributed by atoms with Gasteiger partial charge in [0.05, 0.1) is 25.4 Å². The van der Waals surface area contributed by atoms with Crippen LogP contribution >= 0.6 is 0 Å². The van der Waals surface area contributed by atoms with Gasteiger partial charge in [-0.05, 0) is 44.0 Å². The molecule has 47 heavy (non-hydrogen) atoms. The van der Waals surface area contributed by atoms with Crippen LogP contribution in [0.15, 0.2) is 30.5 Å². The number of aromatic nitrogens is 3. The second-order valence-electron chi connectivity index (χ2n) is 11.6. The summed E-state index contributed by atoms with van der Waals surface area (Å²) in [6.07, 6.45) is -2.14. The van der Waals surface area contributed by atoms with E-state index in [1.54, 1.807) is 10.9 Å². The van der Waals surface area contributed by atoms with Crippen LogP contribution < -0.4 is 20.5 Å². The topological polar surface area (TPSA) is 142 Å². The highest BCUT2D eigenvalue weighted by molar-refractivity contribution is 6.00. The third kappa shape index (κ3) is 5.08. The number of nitrogens with two attached hydrogens (primary N) is 1. The molecule has 2 aromatic heterocycles. The number of alkyl halides is 3. The molecule has 0 unspecified atom stereocenters. The van der Waals surface area contributed by atoms with Crippen molar-refractivity contribution in [1.82, 2.24) is 20.1 Å². The second kappa shape index (κ2) is 10.8. The van der Waals surface area contributed by atoms with Gasteiger partial charge in [0, 0.05) is 28.3 Å². The van der Waals surface area contributed by atoms with Gasteiger partial charge in [-0.25, -0.2) is 22.5 Å². The molecule has 2 aliphatic rings. The van der Waals surface area contributed by atoms with E-state index in [-0.39, 0.29) is 23.4 Å². The Labute approximate surface area is 260 Å². The van der Waals surface area contributed by atoms with Crippen LogP contribution in [0.5, 0.6) is 11.5 Å². The molecule has 248 valence electrons. The van der Waals surface area contributed by atoms with Crippen LogP contribution in [0.3, 0.4) is 0 Å². The summed E-state index contributed by atoms with van der Waals surface area (Å²) in [7, 11) is 1.32. The normalized spacial score (nSPS) is 18.9. The van der Waals surface area contributed by atoms with E-state index in [1.165, 1.54) is 26.2 Å². The fraction of sp³-hybridized carbons (Fsp3) is 0.333. The summed E-state index contributed by atoms with van der Waals surface area (Å²) in [5, 5.41) is 18.1. The van der Waals surface area contributed by atoms with Crippen LogP contribution in [0.25, 0.3) is 22.2 Å². The monoisotopic (exact) mass is 667 g/mol. The highest BCUT2D eigenvalue weighted by Crippen LogP contribution is 2.48. The smallest absolute Gasteiger partial charge is 0.424 e. The van der Waals surface area contributed by atoms with E-state index in [2.05, 4.69) is 10.1 Å². The number of nitrogens with zero attached hydrogens (tertiary/aromatic N) is 3. The highest BCUT2D eigenvalue weighted by atomic mass is 19.4. The summed E-state index contributed by atoms with van der Waals surface area (Å²) in [6, 6.07) is 3.54. The van der Waals surface area contributed by atoms with Gasteiger partial charge in [-0.3, -0.25) is 14.3 Å². The van der Waals surface area contributed by atoms with Crippen molar-refractivity contribution in [3.63, 3.8) is 0 Å². The van der Waals surface area contributed by atoms with Crippen LogP contribution in [0.1, 0.15) is 47.4 Å². The van der Waals surface area contributed by atoms with Crippen molar-refractivity contribution in [1.29, 1.82) is 0 Å². The molecule has 1 aliphatic carbocycles. The lowest BCUT2D eigenvalue weighted by Gasteiger charge is -2.31. The maximum absolute atomic E-state index is 14.9. The predicted molar refractivity (Wildman–Crippen MR) is 148 cm³/mol. The lowest BCUT2D eigenvalue weighted by Crippen LogP contribution is -2.51. The summed E-state index contributed by atoms with van der Waals surface area (Å²) < 4.78 is 114. The predicted octanol–water partition coefficient (Wildman–Crippen LogP) is 4.31. The Morgan fingerprint density at radius 1 is 1.13 bits per heavy atom. The maximum Gasteiger partial charge on any atom is 0.424 e. The van der Waals surface area contributed by atoms with Crippen molar-refractivity contribution >= 4 is 22.7 Å². The van der Waals surface area contributed by atoms with E-state index >= 15 is 0 Å². The van der Waals surface area contributed by atoms with Gasteiger partial charge in [0.2, 0.25) is 11.5 Å². The first-order valence-corrected chi connectivity index (χ1v) is 14.0. The molecule has 2 atom stereocenters. The number of aliphatic hydroxyl groups is 1. The molecule has 4 aromatic rings. The molecule has 17 heteroatoms. The number of benzene rings is 2. The Balaban J connectivity index is 1.44. The van der Waals surface area contributed by atoms with Gasteiger partial charge in [0.1, 0.15) is 34.7 Å². The Morgan fingerprint density at radius 2 is 1.83 bits per heavy atom. The van der Waals surface area contributed by atoms with Crippen LogP contribution in [0, 0.1) is 23.3 Å². The summed E-state index contributed by atoms with van der Waals surface area (Å²) >= 11 is 0. The number of hydrogen-bond donors (Lipinski definition) is 3. The average molecular weight is 668 g/mol. The quantitative estimate of drug-likeness (QED) is 0.145. The van der Waals surface area contributed by atoms with Gasteiger partial charge in [-0.15, -0.1) is 0 Å². The number of ether oxygens (including phenoxy) is 2. The molecule has 10 nitrogen and oxygen atoms in total. The third-order valence-electron chi connectivity index (χ3n) is 8.37. The van der Waals surface area contributed by atoms with E-state index < -0.39 is 93.7 Å². The fourth-order valence-corrected chi connectivity index (χ4v) is 5.31. The summed E-state index contributed by atoms with van der Waals surface area (Å²) in [4.78, 5) is 29.3.